The van der Waals surface area contributed by atoms with E-state index >= 15 is 0 Å². The zero-order chi connectivity index (χ0) is 18.6. The van der Waals surface area contributed by atoms with E-state index in [1.54, 1.807) is 18.4 Å². The average Bonchev–Trinajstić information content (AvgIpc) is 3.21. The van der Waals surface area contributed by atoms with Crippen molar-refractivity contribution >= 4 is 35.6 Å². The van der Waals surface area contributed by atoms with Gasteiger partial charge in [-0.1, -0.05) is 18.2 Å². The number of hydrogen-bond donors (Lipinski definition) is 3. The molecule has 1 unspecified atom stereocenters. The van der Waals surface area contributed by atoms with Gasteiger partial charge in [0.15, 0.2) is 5.96 Å². The number of para-hydroxylation sites is 1. The predicted octanol–water partition coefficient (Wildman–Crippen LogP) is 3.40. The molecule has 0 saturated heterocycles. The highest BCUT2D eigenvalue weighted by Crippen LogP contribution is 2.13. The van der Waals surface area contributed by atoms with Crippen LogP contribution < -0.4 is 15.5 Å². The third kappa shape index (κ3) is 8.21. The van der Waals surface area contributed by atoms with Crippen LogP contribution in [0, 0.1) is 0 Å². The van der Waals surface area contributed by atoms with E-state index in [0.717, 1.165) is 32.6 Å². The van der Waals surface area contributed by atoms with Gasteiger partial charge in [0.1, 0.15) is 11.9 Å². The number of rotatable bonds is 10. The number of nitrogens with one attached hydrogen (secondary N) is 2. The lowest BCUT2D eigenvalue weighted by Gasteiger charge is -2.23. The number of nitrogens with zero attached hydrogens (tertiary/aromatic N) is 2. The molecule has 0 bridgehead atoms. The second-order valence-electron chi connectivity index (χ2n) is 5.95. The summed E-state index contributed by atoms with van der Waals surface area (Å²) in [5, 5.41) is 16.6. The summed E-state index contributed by atoms with van der Waals surface area (Å²) in [5.74, 6) is 1.24. The lowest BCUT2D eigenvalue weighted by molar-refractivity contribution is 0.158. The van der Waals surface area contributed by atoms with Crippen molar-refractivity contribution in [3.05, 3.63) is 54.5 Å². The van der Waals surface area contributed by atoms with Crippen molar-refractivity contribution in [1.82, 2.24) is 10.6 Å². The second kappa shape index (κ2) is 13.4. The maximum absolute atomic E-state index is 10.1. The number of aliphatic hydroxyl groups excluding tert-OH is 1. The van der Waals surface area contributed by atoms with E-state index < -0.39 is 6.10 Å². The van der Waals surface area contributed by atoms with Crippen LogP contribution in [0.3, 0.4) is 0 Å². The van der Waals surface area contributed by atoms with Gasteiger partial charge in [-0.25, -0.2) is 0 Å². The fourth-order valence-corrected chi connectivity index (χ4v) is 2.68. The van der Waals surface area contributed by atoms with Crippen LogP contribution in [0.15, 0.2) is 58.1 Å². The lowest BCUT2D eigenvalue weighted by atomic mass is 10.2. The van der Waals surface area contributed by atoms with Gasteiger partial charge in [-0.3, -0.25) is 4.99 Å². The number of halogens is 1. The molecule has 2 rings (SSSR count). The van der Waals surface area contributed by atoms with Crippen LogP contribution in [0.4, 0.5) is 5.69 Å². The van der Waals surface area contributed by atoms with Crippen LogP contribution in [0.5, 0.6) is 0 Å². The van der Waals surface area contributed by atoms with Crippen molar-refractivity contribution in [3.8, 4) is 0 Å². The molecule has 6 nitrogen and oxygen atoms in total. The van der Waals surface area contributed by atoms with Crippen LogP contribution in [-0.2, 0) is 0 Å². The van der Waals surface area contributed by atoms with Gasteiger partial charge in [0.05, 0.1) is 12.8 Å². The van der Waals surface area contributed by atoms with Crippen LogP contribution in [0.25, 0.3) is 0 Å². The molecule has 7 heteroatoms. The first-order valence-corrected chi connectivity index (χ1v) is 9.28. The molecule has 0 aliphatic heterocycles. The van der Waals surface area contributed by atoms with Crippen molar-refractivity contribution in [1.29, 1.82) is 0 Å². The summed E-state index contributed by atoms with van der Waals surface area (Å²) >= 11 is 0. The van der Waals surface area contributed by atoms with Gasteiger partial charge in [-0.05, 0) is 44.5 Å². The largest absolute Gasteiger partial charge is 0.467 e. The normalized spacial score (nSPS) is 12.2. The molecular formula is C20H31IN4O2. The molecule has 0 aliphatic rings. The van der Waals surface area contributed by atoms with Gasteiger partial charge in [0, 0.05) is 31.9 Å². The molecule has 27 heavy (non-hydrogen) atoms. The number of hydrogen-bond acceptors (Lipinski definition) is 4. The van der Waals surface area contributed by atoms with Crippen molar-refractivity contribution < 1.29 is 9.52 Å². The maximum atomic E-state index is 10.1. The van der Waals surface area contributed by atoms with E-state index in [9.17, 15) is 5.11 Å². The third-order valence-corrected chi connectivity index (χ3v) is 4.04. The molecule has 3 N–H and O–H groups in total. The molecule has 0 aliphatic carbocycles. The minimum absolute atomic E-state index is 0. The Kier molecular flexibility index (Phi) is 11.6. The number of aliphatic hydroxyl groups is 1. The summed E-state index contributed by atoms with van der Waals surface area (Å²) in [6, 6.07) is 14.0. The number of benzene rings is 1. The van der Waals surface area contributed by atoms with Crippen LogP contribution in [0.1, 0.15) is 32.1 Å². The molecule has 0 amide bonds. The van der Waals surface area contributed by atoms with Crippen molar-refractivity contribution in [2.75, 3.05) is 37.6 Å². The summed E-state index contributed by atoms with van der Waals surface area (Å²) in [4.78, 5) is 6.79. The van der Waals surface area contributed by atoms with Gasteiger partial charge < -0.3 is 25.1 Å². The van der Waals surface area contributed by atoms with Crippen LogP contribution >= 0.6 is 24.0 Å². The van der Waals surface area contributed by atoms with E-state index in [-0.39, 0.29) is 30.5 Å². The summed E-state index contributed by atoms with van der Waals surface area (Å²) < 4.78 is 5.20. The Bertz CT molecular complexity index is 635. The summed E-state index contributed by atoms with van der Waals surface area (Å²) in [6.45, 7) is 7.99. The first kappa shape index (κ1) is 23.3. The number of anilines is 1. The second-order valence-corrected chi connectivity index (χ2v) is 5.95. The molecule has 2 aromatic rings. The molecule has 1 aromatic carbocycles. The zero-order valence-corrected chi connectivity index (χ0v) is 18.4. The van der Waals surface area contributed by atoms with Crippen molar-refractivity contribution in [2.24, 2.45) is 4.99 Å². The van der Waals surface area contributed by atoms with Crippen molar-refractivity contribution in [3.63, 3.8) is 0 Å². The lowest BCUT2D eigenvalue weighted by Crippen LogP contribution is -2.39. The third-order valence-electron chi connectivity index (χ3n) is 4.04. The molecule has 0 saturated carbocycles. The van der Waals surface area contributed by atoms with Gasteiger partial charge in [0.25, 0.3) is 0 Å². The van der Waals surface area contributed by atoms with Gasteiger partial charge in [-0.2, -0.15) is 0 Å². The molecule has 0 fully saturated rings. The van der Waals surface area contributed by atoms with Crippen LogP contribution in [-0.4, -0.2) is 43.8 Å². The standard InChI is InChI=1S/C20H30N4O2.HI/c1-3-21-20(23-16-18(25)19-12-8-15-26-19)22-13-9-14-24(4-2)17-10-6-5-7-11-17;/h5-8,10-12,15,18,25H,3-4,9,13-14,16H2,1-2H3,(H2,21,22,23);1H. The minimum Gasteiger partial charge on any atom is -0.467 e. The number of aliphatic imine (C=N–C) groups is 1. The Morgan fingerprint density at radius 1 is 1.15 bits per heavy atom. The van der Waals surface area contributed by atoms with Crippen molar-refractivity contribution in [2.45, 2.75) is 26.4 Å². The quantitative estimate of drug-likeness (QED) is 0.208. The highest BCUT2D eigenvalue weighted by molar-refractivity contribution is 14.0. The molecule has 1 aromatic heterocycles. The molecular weight excluding hydrogens is 455 g/mol. The SMILES string of the molecule is CCNC(=NCC(O)c1ccco1)NCCCN(CC)c1ccccc1.I. The first-order chi connectivity index (χ1) is 12.7. The molecule has 150 valence electrons. The Morgan fingerprint density at radius 2 is 1.93 bits per heavy atom. The maximum Gasteiger partial charge on any atom is 0.191 e. The molecule has 0 radical (unpaired) electrons. The van der Waals surface area contributed by atoms with Gasteiger partial charge >= 0.3 is 0 Å². The van der Waals surface area contributed by atoms with E-state index in [0.29, 0.717) is 11.7 Å². The molecule has 1 heterocycles. The summed E-state index contributed by atoms with van der Waals surface area (Å²) in [6.07, 6.45) is 1.82. The Labute approximate surface area is 179 Å². The fraction of sp³-hybridized carbons (Fsp3) is 0.450. The number of furan rings is 1. The van der Waals surface area contributed by atoms with E-state index in [4.69, 9.17) is 4.42 Å². The average molecular weight is 486 g/mol. The van der Waals surface area contributed by atoms with Gasteiger partial charge in [-0.15, -0.1) is 24.0 Å². The van der Waals surface area contributed by atoms with E-state index in [1.165, 1.54) is 5.69 Å². The smallest absolute Gasteiger partial charge is 0.191 e. The minimum atomic E-state index is -0.728. The molecule has 0 spiro atoms. The monoisotopic (exact) mass is 486 g/mol. The topological polar surface area (TPSA) is 73.0 Å². The Hall–Kier alpha value is -1.74. The first-order valence-electron chi connectivity index (χ1n) is 9.28. The number of guanidine groups is 1. The zero-order valence-electron chi connectivity index (χ0n) is 16.1. The van der Waals surface area contributed by atoms with Gasteiger partial charge in [0.2, 0.25) is 0 Å². The van der Waals surface area contributed by atoms with E-state index in [2.05, 4.69) is 51.7 Å². The van der Waals surface area contributed by atoms with Crippen LogP contribution in [0.2, 0.25) is 0 Å². The Morgan fingerprint density at radius 3 is 2.56 bits per heavy atom. The Balaban J connectivity index is 0.00000364. The molecule has 1 atom stereocenters. The highest BCUT2D eigenvalue weighted by Gasteiger charge is 2.10. The fourth-order valence-electron chi connectivity index (χ4n) is 2.68. The summed E-state index contributed by atoms with van der Waals surface area (Å²) in [5.41, 5.74) is 1.25. The highest BCUT2D eigenvalue weighted by atomic mass is 127. The summed E-state index contributed by atoms with van der Waals surface area (Å²) in [7, 11) is 0. The predicted molar refractivity (Wildman–Crippen MR) is 122 cm³/mol. The van der Waals surface area contributed by atoms with E-state index in [1.807, 2.05) is 13.0 Å².